The van der Waals surface area contributed by atoms with Gasteiger partial charge in [0.2, 0.25) is 0 Å². The Labute approximate surface area is 84.1 Å². The predicted octanol–water partition coefficient (Wildman–Crippen LogP) is 2.65. The van der Waals surface area contributed by atoms with Crippen molar-refractivity contribution in [1.82, 2.24) is 0 Å². The van der Waals surface area contributed by atoms with E-state index in [9.17, 15) is 4.79 Å². The summed E-state index contributed by atoms with van der Waals surface area (Å²) in [5.41, 5.74) is 0. The second-order valence-electron chi connectivity index (χ2n) is 3.33. The van der Waals surface area contributed by atoms with Crippen molar-refractivity contribution >= 4 is 12.1 Å². The van der Waals surface area contributed by atoms with E-state index in [2.05, 4.69) is 20.7 Å². The molecule has 1 saturated carbocycles. The maximum Gasteiger partial charge on any atom is 0.443 e. The van der Waals surface area contributed by atoms with Gasteiger partial charge in [-0.25, -0.2) is 9.79 Å². The summed E-state index contributed by atoms with van der Waals surface area (Å²) in [5.74, 6) is 0. The van der Waals surface area contributed by atoms with E-state index in [0.717, 1.165) is 12.8 Å². The standard InChI is InChI=1S/C10H16N2O2/c1-2-14-10(13)12-8-11-9-6-4-3-5-7-9/h9H,2-7H2,1H3. The SMILES string of the molecule is CCOC(=O)N=C=NC1CCCCC1. The van der Waals surface area contributed by atoms with Crippen LogP contribution in [0.15, 0.2) is 9.98 Å². The first-order valence-electron chi connectivity index (χ1n) is 5.15. The van der Waals surface area contributed by atoms with Crippen LogP contribution in [0.25, 0.3) is 0 Å². The van der Waals surface area contributed by atoms with Gasteiger partial charge < -0.3 is 4.74 Å². The van der Waals surface area contributed by atoms with E-state index in [-0.39, 0.29) is 0 Å². The average molecular weight is 196 g/mol. The van der Waals surface area contributed by atoms with Crippen LogP contribution in [0.5, 0.6) is 0 Å². The van der Waals surface area contributed by atoms with Crippen molar-refractivity contribution in [1.29, 1.82) is 0 Å². The zero-order chi connectivity index (χ0) is 10.2. The second-order valence-corrected chi connectivity index (χ2v) is 3.33. The van der Waals surface area contributed by atoms with Gasteiger partial charge in [-0.3, -0.25) is 0 Å². The summed E-state index contributed by atoms with van der Waals surface area (Å²) >= 11 is 0. The third-order valence-electron chi connectivity index (χ3n) is 2.22. The number of aliphatic imine (C=N–C) groups is 2. The summed E-state index contributed by atoms with van der Waals surface area (Å²) in [4.78, 5) is 18.3. The minimum atomic E-state index is -0.605. The Hall–Kier alpha value is -1.15. The molecule has 1 rings (SSSR count). The van der Waals surface area contributed by atoms with E-state index in [1.807, 2.05) is 0 Å². The molecule has 1 fully saturated rings. The Bertz CT molecular complexity index is 239. The number of carbonyl (C=O) groups excluding carboxylic acids is 1. The molecule has 0 heterocycles. The van der Waals surface area contributed by atoms with Crippen LogP contribution in [-0.2, 0) is 4.74 Å². The summed E-state index contributed by atoms with van der Waals surface area (Å²) < 4.78 is 4.60. The Morgan fingerprint density at radius 2 is 2.14 bits per heavy atom. The van der Waals surface area contributed by atoms with Gasteiger partial charge in [0.05, 0.1) is 12.6 Å². The highest BCUT2D eigenvalue weighted by Gasteiger charge is 2.10. The Balaban J connectivity index is 2.33. The van der Waals surface area contributed by atoms with Gasteiger partial charge >= 0.3 is 6.09 Å². The van der Waals surface area contributed by atoms with Crippen molar-refractivity contribution < 1.29 is 9.53 Å². The fraction of sp³-hybridized carbons (Fsp3) is 0.800. The van der Waals surface area contributed by atoms with Gasteiger partial charge in [0.25, 0.3) is 0 Å². The number of nitrogens with zero attached hydrogens (tertiary/aromatic N) is 2. The van der Waals surface area contributed by atoms with Crippen LogP contribution >= 0.6 is 0 Å². The number of hydrogen-bond acceptors (Lipinski definition) is 3. The molecule has 1 aliphatic carbocycles. The quantitative estimate of drug-likeness (QED) is 0.637. The molecule has 0 saturated heterocycles. The van der Waals surface area contributed by atoms with E-state index in [4.69, 9.17) is 0 Å². The molecule has 0 radical (unpaired) electrons. The monoisotopic (exact) mass is 196 g/mol. The Morgan fingerprint density at radius 1 is 1.43 bits per heavy atom. The van der Waals surface area contributed by atoms with Crippen molar-refractivity contribution in [3.8, 4) is 0 Å². The van der Waals surface area contributed by atoms with Crippen molar-refractivity contribution in [2.75, 3.05) is 6.61 Å². The van der Waals surface area contributed by atoms with Crippen molar-refractivity contribution in [3.63, 3.8) is 0 Å². The van der Waals surface area contributed by atoms with E-state index in [1.165, 1.54) is 19.3 Å². The van der Waals surface area contributed by atoms with Crippen LogP contribution in [0, 0.1) is 0 Å². The third kappa shape index (κ3) is 4.19. The predicted molar refractivity (Wildman–Crippen MR) is 53.8 cm³/mol. The fourth-order valence-corrected chi connectivity index (χ4v) is 1.52. The molecule has 14 heavy (non-hydrogen) atoms. The molecule has 0 N–H and O–H groups in total. The van der Waals surface area contributed by atoms with E-state index in [1.54, 1.807) is 6.92 Å². The molecule has 0 aromatic heterocycles. The Kier molecular flexibility index (Phi) is 4.94. The first-order chi connectivity index (χ1) is 6.83. The topological polar surface area (TPSA) is 51.0 Å². The summed E-state index contributed by atoms with van der Waals surface area (Å²) in [6.45, 7) is 2.08. The van der Waals surface area contributed by atoms with Crippen LogP contribution in [0.2, 0.25) is 0 Å². The van der Waals surface area contributed by atoms with E-state index in [0.29, 0.717) is 12.6 Å². The van der Waals surface area contributed by atoms with Crippen molar-refractivity contribution in [3.05, 3.63) is 0 Å². The number of ether oxygens (including phenoxy) is 1. The number of rotatable bonds is 2. The summed E-state index contributed by atoms with van der Waals surface area (Å²) in [6.07, 6.45) is 5.30. The Morgan fingerprint density at radius 3 is 2.79 bits per heavy atom. The lowest BCUT2D eigenvalue weighted by Crippen LogP contribution is -2.08. The lowest BCUT2D eigenvalue weighted by atomic mass is 9.96. The van der Waals surface area contributed by atoms with Crippen molar-refractivity contribution in [2.45, 2.75) is 45.1 Å². The largest absolute Gasteiger partial charge is 0.448 e. The zero-order valence-electron chi connectivity index (χ0n) is 8.53. The third-order valence-corrected chi connectivity index (χ3v) is 2.22. The second kappa shape index (κ2) is 6.33. The zero-order valence-corrected chi connectivity index (χ0v) is 8.53. The van der Waals surface area contributed by atoms with Crippen LogP contribution < -0.4 is 0 Å². The molecule has 0 spiro atoms. The smallest absolute Gasteiger partial charge is 0.443 e. The first-order valence-corrected chi connectivity index (χ1v) is 5.15. The minimum absolute atomic E-state index is 0.307. The van der Waals surface area contributed by atoms with Crippen LogP contribution in [0.3, 0.4) is 0 Å². The molecular weight excluding hydrogens is 180 g/mol. The van der Waals surface area contributed by atoms with Gasteiger partial charge in [0.1, 0.15) is 6.01 Å². The molecule has 4 nitrogen and oxygen atoms in total. The van der Waals surface area contributed by atoms with Gasteiger partial charge in [-0.15, -0.1) is 4.99 Å². The van der Waals surface area contributed by atoms with Crippen LogP contribution in [-0.4, -0.2) is 24.8 Å². The van der Waals surface area contributed by atoms with Gasteiger partial charge in [0.15, 0.2) is 0 Å². The number of hydrogen-bond donors (Lipinski definition) is 0. The lowest BCUT2D eigenvalue weighted by molar-refractivity contribution is 0.164. The maximum atomic E-state index is 10.8. The average Bonchev–Trinajstić information content (AvgIpc) is 2.20. The first kappa shape index (κ1) is 10.9. The van der Waals surface area contributed by atoms with Gasteiger partial charge in [-0.1, -0.05) is 19.3 Å². The molecule has 78 valence electrons. The van der Waals surface area contributed by atoms with Gasteiger partial charge in [0, 0.05) is 0 Å². The molecule has 0 atom stereocenters. The number of amides is 1. The van der Waals surface area contributed by atoms with Gasteiger partial charge in [-0.2, -0.15) is 0 Å². The lowest BCUT2D eigenvalue weighted by Gasteiger charge is -2.15. The van der Waals surface area contributed by atoms with Crippen LogP contribution in [0.4, 0.5) is 4.79 Å². The molecule has 0 unspecified atom stereocenters. The highest BCUT2D eigenvalue weighted by molar-refractivity contribution is 5.75. The highest BCUT2D eigenvalue weighted by Crippen LogP contribution is 2.19. The molecule has 0 aliphatic heterocycles. The molecule has 4 heteroatoms. The molecule has 1 amide bonds. The molecule has 1 aliphatic rings. The fourth-order valence-electron chi connectivity index (χ4n) is 1.52. The maximum absolute atomic E-state index is 10.8. The summed E-state index contributed by atoms with van der Waals surface area (Å²) in [6, 6.07) is 2.72. The van der Waals surface area contributed by atoms with E-state index >= 15 is 0 Å². The molecule has 0 aromatic carbocycles. The highest BCUT2D eigenvalue weighted by atomic mass is 16.5. The van der Waals surface area contributed by atoms with Crippen molar-refractivity contribution in [2.24, 2.45) is 9.98 Å². The van der Waals surface area contributed by atoms with Gasteiger partial charge in [-0.05, 0) is 19.8 Å². The summed E-state index contributed by atoms with van der Waals surface area (Å²) in [7, 11) is 0. The summed E-state index contributed by atoms with van der Waals surface area (Å²) in [5, 5.41) is 0. The normalized spacial score (nSPS) is 16.9. The molecule has 0 bridgehead atoms. The van der Waals surface area contributed by atoms with E-state index < -0.39 is 6.09 Å². The number of carbonyl (C=O) groups is 1. The van der Waals surface area contributed by atoms with Crippen LogP contribution in [0.1, 0.15) is 39.0 Å². The molecular formula is C10H16N2O2. The molecule has 0 aromatic rings. The minimum Gasteiger partial charge on any atom is -0.448 e.